The fourth-order valence-electron chi connectivity index (χ4n) is 2.85. The van der Waals surface area contributed by atoms with Crippen molar-refractivity contribution in [3.05, 3.63) is 71.0 Å². The Balaban J connectivity index is 1.60. The van der Waals surface area contributed by atoms with Crippen LogP contribution in [-0.2, 0) is 24.2 Å². The van der Waals surface area contributed by atoms with Crippen molar-refractivity contribution < 1.29 is 9.18 Å². The van der Waals surface area contributed by atoms with E-state index in [1.54, 1.807) is 18.2 Å². The van der Waals surface area contributed by atoms with Crippen LogP contribution in [0.15, 0.2) is 48.5 Å². The van der Waals surface area contributed by atoms with Gasteiger partial charge in [0.25, 0.3) is 0 Å². The lowest BCUT2D eigenvalue weighted by molar-refractivity contribution is -0.119. The highest BCUT2D eigenvalue weighted by molar-refractivity contribution is 5.82. The van der Waals surface area contributed by atoms with Crippen molar-refractivity contribution >= 4 is 5.78 Å². The maximum Gasteiger partial charge on any atom is 0.151 e. The Morgan fingerprint density at radius 1 is 1.05 bits per heavy atom. The Morgan fingerprint density at radius 2 is 1.76 bits per heavy atom. The fourth-order valence-corrected chi connectivity index (χ4v) is 2.85. The lowest BCUT2D eigenvalue weighted by atomic mass is 9.99. The molecule has 0 N–H and O–H groups in total. The minimum Gasteiger partial charge on any atom is -0.298 e. The monoisotopic (exact) mass is 283 g/mol. The zero-order valence-corrected chi connectivity index (χ0v) is 11.9. The van der Waals surface area contributed by atoms with Gasteiger partial charge in [0.05, 0.1) is 6.54 Å². The van der Waals surface area contributed by atoms with E-state index in [1.165, 1.54) is 17.2 Å². The van der Waals surface area contributed by atoms with E-state index in [-0.39, 0.29) is 18.0 Å². The Labute approximate surface area is 124 Å². The van der Waals surface area contributed by atoms with Gasteiger partial charge in [-0.05, 0) is 29.2 Å². The minimum atomic E-state index is -0.296. The van der Waals surface area contributed by atoms with Crippen LogP contribution in [0.4, 0.5) is 4.39 Å². The van der Waals surface area contributed by atoms with E-state index < -0.39 is 0 Å². The first-order chi connectivity index (χ1) is 10.2. The molecule has 0 saturated heterocycles. The maximum atomic E-state index is 13.6. The van der Waals surface area contributed by atoms with Gasteiger partial charge in [-0.15, -0.1) is 0 Å². The molecule has 3 heteroatoms. The number of ketones is 1. The van der Waals surface area contributed by atoms with E-state index >= 15 is 0 Å². The van der Waals surface area contributed by atoms with Crippen molar-refractivity contribution in [2.45, 2.75) is 19.4 Å². The first-order valence-corrected chi connectivity index (χ1v) is 7.26. The van der Waals surface area contributed by atoms with Gasteiger partial charge in [0.2, 0.25) is 0 Å². The molecule has 0 spiro atoms. The number of halogens is 1. The standard InChI is InChI=1S/C18H18FNO/c19-18-8-4-3-6-15(18)11-17(21)13-20-10-9-14-5-1-2-7-16(14)12-20/h1-8H,9-13H2. The third kappa shape index (κ3) is 3.37. The van der Waals surface area contributed by atoms with Gasteiger partial charge >= 0.3 is 0 Å². The van der Waals surface area contributed by atoms with Crippen LogP contribution in [-0.4, -0.2) is 23.8 Å². The van der Waals surface area contributed by atoms with Crippen LogP contribution < -0.4 is 0 Å². The molecular weight excluding hydrogens is 265 g/mol. The summed E-state index contributed by atoms with van der Waals surface area (Å²) < 4.78 is 13.6. The molecule has 0 saturated carbocycles. The van der Waals surface area contributed by atoms with E-state index in [0.29, 0.717) is 12.1 Å². The van der Waals surface area contributed by atoms with Crippen LogP contribution in [0.3, 0.4) is 0 Å². The molecule has 0 fully saturated rings. The molecular formula is C18H18FNO. The second kappa shape index (κ2) is 6.19. The molecule has 0 aliphatic carbocycles. The Kier molecular flexibility index (Phi) is 4.11. The smallest absolute Gasteiger partial charge is 0.151 e. The van der Waals surface area contributed by atoms with Crippen molar-refractivity contribution in [1.82, 2.24) is 4.90 Å². The van der Waals surface area contributed by atoms with E-state index in [9.17, 15) is 9.18 Å². The number of benzene rings is 2. The van der Waals surface area contributed by atoms with Gasteiger partial charge in [-0.25, -0.2) is 4.39 Å². The predicted molar refractivity (Wildman–Crippen MR) is 80.5 cm³/mol. The number of carbonyl (C=O) groups is 1. The third-order valence-corrected chi connectivity index (χ3v) is 3.96. The average molecular weight is 283 g/mol. The molecule has 0 unspecified atom stereocenters. The van der Waals surface area contributed by atoms with Crippen LogP contribution in [0.1, 0.15) is 16.7 Å². The molecule has 1 aliphatic heterocycles. The first kappa shape index (κ1) is 14.0. The number of hydrogen-bond donors (Lipinski definition) is 0. The Bertz CT molecular complexity index is 653. The normalized spacial score (nSPS) is 14.7. The van der Waals surface area contributed by atoms with Gasteiger partial charge in [0.1, 0.15) is 5.82 Å². The van der Waals surface area contributed by atoms with Gasteiger partial charge in [0.15, 0.2) is 5.78 Å². The predicted octanol–water partition coefficient (Wildman–Crippen LogP) is 3.00. The summed E-state index contributed by atoms with van der Waals surface area (Å²) in [5, 5.41) is 0. The third-order valence-electron chi connectivity index (χ3n) is 3.96. The molecule has 2 nitrogen and oxygen atoms in total. The van der Waals surface area contributed by atoms with Crippen LogP contribution >= 0.6 is 0 Å². The summed E-state index contributed by atoms with van der Waals surface area (Å²) in [4.78, 5) is 14.3. The number of hydrogen-bond acceptors (Lipinski definition) is 2. The quantitative estimate of drug-likeness (QED) is 0.859. The zero-order chi connectivity index (χ0) is 14.7. The summed E-state index contributed by atoms with van der Waals surface area (Å²) in [5.41, 5.74) is 3.15. The number of fused-ring (bicyclic) bond motifs is 1. The van der Waals surface area contributed by atoms with E-state index in [0.717, 1.165) is 19.5 Å². The van der Waals surface area contributed by atoms with Crippen LogP contribution in [0.25, 0.3) is 0 Å². The molecule has 108 valence electrons. The summed E-state index contributed by atoms with van der Waals surface area (Å²) in [6, 6.07) is 14.8. The Hall–Kier alpha value is -2.00. The highest BCUT2D eigenvalue weighted by Crippen LogP contribution is 2.18. The highest BCUT2D eigenvalue weighted by Gasteiger charge is 2.18. The van der Waals surface area contributed by atoms with Crippen LogP contribution in [0, 0.1) is 5.82 Å². The molecule has 0 amide bonds. The number of rotatable bonds is 4. The van der Waals surface area contributed by atoms with Crippen molar-refractivity contribution in [1.29, 1.82) is 0 Å². The average Bonchev–Trinajstić information content (AvgIpc) is 2.49. The summed E-state index contributed by atoms with van der Waals surface area (Å²) in [5.74, 6) is -0.227. The van der Waals surface area contributed by atoms with Crippen molar-refractivity contribution in [2.75, 3.05) is 13.1 Å². The summed E-state index contributed by atoms with van der Waals surface area (Å²) in [6.45, 7) is 2.09. The summed E-state index contributed by atoms with van der Waals surface area (Å²) in [6.07, 6.45) is 1.15. The van der Waals surface area contributed by atoms with Crippen LogP contribution in [0.2, 0.25) is 0 Å². The highest BCUT2D eigenvalue weighted by atomic mass is 19.1. The second-order valence-electron chi connectivity index (χ2n) is 5.54. The number of carbonyl (C=O) groups excluding carboxylic acids is 1. The van der Waals surface area contributed by atoms with Gasteiger partial charge in [-0.3, -0.25) is 9.69 Å². The summed E-state index contributed by atoms with van der Waals surface area (Å²) in [7, 11) is 0. The molecule has 2 aromatic carbocycles. The summed E-state index contributed by atoms with van der Waals surface area (Å²) >= 11 is 0. The van der Waals surface area contributed by atoms with Gasteiger partial charge in [-0.2, -0.15) is 0 Å². The van der Waals surface area contributed by atoms with E-state index in [2.05, 4.69) is 23.1 Å². The SMILES string of the molecule is O=C(Cc1ccccc1F)CN1CCc2ccccc2C1. The zero-order valence-electron chi connectivity index (χ0n) is 11.9. The van der Waals surface area contributed by atoms with Crippen molar-refractivity contribution in [3.63, 3.8) is 0 Å². The topological polar surface area (TPSA) is 20.3 Å². The minimum absolute atomic E-state index is 0.0690. The molecule has 1 heterocycles. The van der Waals surface area contributed by atoms with E-state index in [4.69, 9.17) is 0 Å². The molecule has 0 bridgehead atoms. The molecule has 0 aromatic heterocycles. The molecule has 1 aliphatic rings. The first-order valence-electron chi connectivity index (χ1n) is 7.26. The molecule has 0 atom stereocenters. The second-order valence-corrected chi connectivity index (χ2v) is 5.54. The van der Waals surface area contributed by atoms with Gasteiger partial charge < -0.3 is 0 Å². The molecule has 21 heavy (non-hydrogen) atoms. The maximum absolute atomic E-state index is 13.6. The molecule has 3 rings (SSSR count). The van der Waals surface area contributed by atoms with Gasteiger partial charge in [-0.1, -0.05) is 42.5 Å². The van der Waals surface area contributed by atoms with E-state index in [1.807, 2.05) is 6.07 Å². The van der Waals surface area contributed by atoms with Crippen molar-refractivity contribution in [3.8, 4) is 0 Å². The van der Waals surface area contributed by atoms with Crippen molar-refractivity contribution in [2.24, 2.45) is 0 Å². The molecule has 2 aromatic rings. The number of Topliss-reactive ketones (excluding diaryl/α,β-unsaturated/α-hetero) is 1. The largest absolute Gasteiger partial charge is 0.298 e. The Morgan fingerprint density at radius 3 is 2.57 bits per heavy atom. The number of nitrogens with zero attached hydrogens (tertiary/aromatic N) is 1. The van der Waals surface area contributed by atoms with Crippen LogP contribution in [0.5, 0.6) is 0 Å². The van der Waals surface area contributed by atoms with Gasteiger partial charge in [0, 0.05) is 19.5 Å². The fraction of sp³-hybridized carbons (Fsp3) is 0.278. The lowest BCUT2D eigenvalue weighted by Crippen LogP contribution is -2.35. The molecule has 0 radical (unpaired) electrons. The lowest BCUT2D eigenvalue weighted by Gasteiger charge is -2.28.